The Kier molecular flexibility index (Phi) is 3.58. The van der Waals surface area contributed by atoms with Crippen LogP contribution in [-0.4, -0.2) is 25.7 Å². The number of halogens is 1. The number of carbonyl (C=O) groups is 1. The predicted molar refractivity (Wildman–Crippen MR) is 60.6 cm³/mol. The summed E-state index contributed by atoms with van der Waals surface area (Å²) >= 11 is 0. The van der Waals surface area contributed by atoms with E-state index in [9.17, 15) is 9.18 Å². The van der Waals surface area contributed by atoms with Gasteiger partial charge in [-0.25, -0.2) is 4.39 Å². The highest BCUT2D eigenvalue weighted by molar-refractivity contribution is 5.94. The van der Waals surface area contributed by atoms with Gasteiger partial charge in [0.15, 0.2) is 11.6 Å². The van der Waals surface area contributed by atoms with Gasteiger partial charge < -0.3 is 14.8 Å². The Morgan fingerprint density at radius 1 is 1.59 bits per heavy atom. The third-order valence-corrected chi connectivity index (χ3v) is 2.64. The van der Waals surface area contributed by atoms with Gasteiger partial charge in [-0.05, 0) is 25.0 Å². The minimum absolute atomic E-state index is 0.153. The van der Waals surface area contributed by atoms with Crippen LogP contribution in [0.3, 0.4) is 0 Å². The maximum absolute atomic E-state index is 13.4. The lowest BCUT2D eigenvalue weighted by Crippen LogP contribution is -2.26. The highest BCUT2D eigenvalue weighted by Gasteiger charge is 2.23. The average molecular weight is 239 g/mol. The molecule has 5 heteroatoms. The highest BCUT2D eigenvalue weighted by atomic mass is 19.1. The zero-order chi connectivity index (χ0) is 12.3. The number of anilines is 1. The van der Waals surface area contributed by atoms with Gasteiger partial charge in [0.2, 0.25) is 0 Å². The minimum atomic E-state index is -0.502. The van der Waals surface area contributed by atoms with E-state index in [4.69, 9.17) is 9.47 Å². The molecule has 1 saturated heterocycles. The van der Waals surface area contributed by atoms with E-state index in [0.29, 0.717) is 18.7 Å². The molecular formula is C12H14FNO3. The van der Waals surface area contributed by atoms with Crippen molar-refractivity contribution in [3.8, 4) is 5.75 Å². The van der Waals surface area contributed by atoms with E-state index in [0.717, 1.165) is 6.42 Å². The standard InChI is InChI=1S/C12H14FNO3/c1-16-10-5-4-8(7-9(10)13)14-12(15)11-3-2-6-17-11/h4-5,7,11H,2-3,6H2,1H3,(H,14,15). The van der Waals surface area contributed by atoms with E-state index in [-0.39, 0.29) is 11.7 Å². The lowest BCUT2D eigenvalue weighted by Gasteiger charge is -2.11. The van der Waals surface area contributed by atoms with Gasteiger partial charge in [0.05, 0.1) is 7.11 Å². The van der Waals surface area contributed by atoms with E-state index < -0.39 is 11.9 Å². The van der Waals surface area contributed by atoms with Gasteiger partial charge in [0.1, 0.15) is 6.10 Å². The summed E-state index contributed by atoms with van der Waals surface area (Å²) in [6.45, 7) is 0.606. The number of amides is 1. The smallest absolute Gasteiger partial charge is 0.253 e. The Balaban J connectivity index is 2.03. The first-order valence-corrected chi connectivity index (χ1v) is 5.46. The van der Waals surface area contributed by atoms with Crippen LogP contribution in [0.1, 0.15) is 12.8 Å². The van der Waals surface area contributed by atoms with E-state index in [1.54, 1.807) is 6.07 Å². The Hall–Kier alpha value is -1.62. The molecule has 0 saturated carbocycles. The number of nitrogens with one attached hydrogen (secondary N) is 1. The molecule has 0 radical (unpaired) electrons. The largest absolute Gasteiger partial charge is 0.494 e. The van der Waals surface area contributed by atoms with Gasteiger partial charge in [0.25, 0.3) is 5.91 Å². The fraction of sp³-hybridized carbons (Fsp3) is 0.417. The second kappa shape index (κ2) is 5.14. The molecule has 1 N–H and O–H groups in total. The molecule has 1 heterocycles. The van der Waals surface area contributed by atoms with Crippen molar-refractivity contribution in [2.45, 2.75) is 18.9 Å². The van der Waals surface area contributed by atoms with E-state index in [1.165, 1.54) is 19.2 Å². The minimum Gasteiger partial charge on any atom is -0.494 e. The zero-order valence-electron chi connectivity index (χ0n) is 9.53. The SMILES string of the molecule is COc1ccc(NC(=O)C2CCCO2)cc1F. The van der Waals surface area contributed by atoms with Gasteiger partial charge >= 0.3 is 0 Å². The molecule has 17 heavy (non-hydrogen) atoms. The average Bonchev–Trinajstić information content (AvgIpc) is 2.82. The maximum Gasteiger partial charge on any atom is 0.253 e. The molecule has 1 aromatic carbocycles. The number of ether oxygens (including phenoxy) is 2. The molecule has 1 amide bonds. The van der Waals surface area contributed by atoms with Crippen LogP contribution in [-0.2, 0) is 9.53 Å². The molecule has 0 spiro atoms. The van der Waals surface area contributed by atoms with Crippen molar-refractivity contribution >= 4 is 11.6 Å². The van der Waals surface area contributed by atoms with Gasteiger partial charge in [-0.3, -0.25) is 4.79 Å². The van der Waals surface area contributed by atoms with Crippen molar-refractivity contribution in [3.05, 3.63) is 24.0 Å². The van der Waals surface area contributed by atoms with Gasteiger partial charge in [-0.15, -0.1) is 0 Å². The highest BCUT2D eigenvalue weighted by Crippen LogP contribution is 2.21. The fourth-order valence-electron chi connectivity index (χ4n) is 1.75. The van der Waals surface area contributed by atoms with Crippen LogP contribution >= 0.6 is 0 Å². The lowest BCUT2D eigenvalue weighted by atomic mass is 10.2. The van der Waals surface area contributed by atoms with Crippen LogP contribution in [0.2, 0.25) is 0 Å². The normalized spacial score (nSPS) is 19.1. The van der Waals surface area contributed by atoms with Crippen LogP contribution in [0.25, 0.3) is 0 Å². The molecule has 1 aliphatic heterocycles. The first-order valence-electron chi connectivity index (χ1n) is 5.46. The fourth-order valence-corrected chi connectivity index (χ4v) is 1.75. The monoisotopic (exact) mass is 239 g/mol. The number of hydrogen-bond acceptors (Lipinski definition) is 3. The summed E-state index contributed by atoms with van der Waals surface area (Å²) < 4.78 is 23.4. The van der Waals surface area contributed by atoms with Crippen molar-refractivity contribution in [3.63, 3.8) is 0 Å². The summed E-state index contributed by atoms with van der Waals surface area (Å²) in [6.07, 6.45) is 1.18. The molecule has 0 bridgehead atoms. The summed E-state index contributed by atoms with van der Waals surface area (Å²) in [6, 6.07) is 4.29. The Morgan fingerprint density at radius 3 is 3.00 bits per heavy atom. The number of benzene rings is 1. The molecule has 2 rings (SSSR count). The zero-order valence-corrected chi connectivity index (χ0v) is 9.53. The van der Waals surface area contributed by atoms with Gasteiger partial charge in [-0.2, -0.15) is 0 Å². The Bertz CT molecular complexity index is 416. The van der Waals surface area contributed by atoms with Crippen molar-refractivity contribution < 1.29 is 18.7 Å². The number of methoxy groups -OCH3 is 1. The molecule has 0 aromatic heterocycles. The Morgan fingerprint density at radius 2 is 2.41 bits per heavy atom. The summed E-state index contributed by atoms with van der Waals surface area (Å²) in [4.78, 5) is 11.7. The van der Waals surface area contributed by atoms with Crippen LogP contribution < -0.4 is 10.1 Å². The van der Waals surface area contributed by atoms with Crippen molar-refractivity contribution in [2.75, 3.05) is 19.0 Å². The first kappa shape index (κ1) is 11.9. The van der Waals surface area contributed by atoms with Crippen LogP contribution in [0.15, 0.2) is 18.2 Å². The van der Waals surface area contributed by atoms with E-state index in [2.05, 4.69) is 5.32 Å². The molecule has 4 nitrogen and oxygen atoms in total. The van der Waals surface area contributed by atoms with E-state index >= 15 is 0 Å². The molecule has 1 atom stereocenters. The van der Waals surface area contributed by atoms with Crippen molar-refractivity contribution in [1.82, 2.24) is 0 Å². The summed E-state index contributed by atoms with van der Waals surface area (Å²) in [5.74, 6) is -0.579. The molecule has 92 valence electrons. The maximum atomic E-state index is 13.4. The number of hydrogen-bond donors (Lipinski definition) is 1. The van der Waals surface area contributed by atoms with Gasteiger partial charge in [-0.1, -0.05) is 0 Å². The summed E-state index contributed by atoms with van der Waals surface area (Å²) in [7, 11) is 1.39. The number of carbonyl (C=O) groups excluding carboxylic acids is 1. The topological polar surface area (TPSA) is 47.6 Å². The second-order valence-corrected chi connectivity index (χ2v) is 3.84. The summed E-state index contributed by atoms with van der Waals surface area (Å²) in [5, 5.41) is 2.62. The molecular weight excluding hydrogens is 225 g/mol. The molecule has 1 aliphatic rings. The number of rotatable bonds is 3. The molecule has 0 aliphatic carbocycles. The van der Waals surface area contributed by atoms with E-state index in [1.807, 2.05) is 0 Å². The molecule has 1 unspecified atom stereocenters. The predicted octanol–water partition coefficient (Wildman–Crippen LogP) is 1.95. The first-order chi connectivity index (χ1) is 8.20. The van der Waals surface area contributed by atoms with Crippen LogP contribution in [0.4, 0.5) is 10.1 Å². The third kappa shape index (κ3) is 2.74. The second-order valence-electron chi connectivity index (χ2n) is 3.84. The third-order valence-electron chi connectivity index (χ3n) is 2.64. The van der Waals surface area contributed by atoms with Crippen LogP contribution in [0.5, 0.6) is 5.75 Å². The quantitative estimate of drug-likeness (QED) is 0.877. The molecule has 1 fully saturated rings. The van der Waals surface area contributed by atoms with Crippen LogP contribution in [0, 0.1) is 5.82 Å². The molecule has 1 aromatic rings. The summed E-state index contributed by atoms with van der Waals surface area (Å²) in [5.41, 5.74) is 0.406. The van der Waals surface area contributed by atoms with Crippen molar-refractivity contribution in [2.24, 2.45) is 0 Å². The Labute approximate surface area is 98.7 Å². The lowest BCUT2D eigenvalue weighted by molar-refractivity contribution is -0.124. The van der Waals surface area contributed by atoms with Gasteiger partial charge in [0, 0.05) is 18.4 Å². The van der Waals surface area contributed by atoms with Crippen molar-refractivity contribution in [1.29, 1.82) is 0 Å².